The number of aromatic nitrogens is 4. The zero-order valence-corrected chi connectivity index (χ0v) is 19.5. The molecule has 5 heterocycles. The van der Waals surface area contributed by atoms with Crippen molar-refractivity contribution in [1.82, 2.24) is 24.5 Å². The average molecular weight is 472 g/mol. The Balaban J connectivity index is 1.43. The standard InChI is InChI=1S/C24H28F3N7/c1-14-10-15(11-21(25)26)22-18(29-14)5-4-17(30-22)16-6-9-34-19(16)12-28-23(32-34)31-20-7-8-33(3)13-24(20,2)27/h4-6,9,12,15,20-21H,7-8,10-11,13H2,1-3H3,(H,31,32)/t15?,20-,24?/m1/s1. The van der Waals surface area contributed by atoms with E-state index in [0.29, 0.717) is 42.4 Å². The molecule has 1 fully saturated rings. The highest BCUT2D eigenvalue weighted by molar-refractivity contribution is 5.88. The van der Waals surface area contributed by atoms with Crippen LogP contribution >= 0.6 is 0 Å². The summed E-state index contributed by atoms with van der Waals surface area (Å²) in [6.45, 7) is 4.60. The van der Waals surface area contributed by atoms with Crippen molar-refractivity contribution >= 4 is 22.9 Å². The molecule has 0 spiro atoms. The molecule has 10 heteroatoms. The molecular formula is C24H28F3N7. The molecule has 180 valence electrons. The van der Waals surface area contributed by atoms with Gasteiger partial charge in [-0.05, 0) is 51.9 Å². The van der Waals surface area contributed by atoms with E-state index in [1.54, 1.807) is 23.8 Å². The lowest BCUT2D eigenvalue weighted by Crippen LogP contribution is -2.54. The second-order valence-corrected chi connectivity index (χ2v) is 9.62. The highest BCUT2D eigenvalue weighted by Gasteiger charge is 2.39. The van der Waals surface area contributed by atoms with Gasteiger partial charge < -0.3 is 10.2 Å². The van der Waals surface area contributed by atoms with Crippen LogP contribution in [0.25, 0.3) is 16.8 Å². The Morgan fingerprint density at radius 2 is 2.09 bits per heavy atom. The molecule has 3 aromatic rings. The molecule has 0 radical (unpaired) electrons. The summed E-state index contributed by atoms with van der Waals surface area (Å²) in [5.74, 6) is -0.00813. The second-order valence-electron chi connectivity index (χ2n) is 9.62. The van der Waals surface area contributed by atoms with Crippen LogP contribution in [0.5, 0.6) is 0 Å². The zero-order valence-electron chi connectivity index (χ0n) is 19.5. The highest BCUT2D eigenvalue weighted by atomic mass is 19.3. The number of likely N-dealkylation sites (tertiary alicyclic amines) is 1. The molecular weight excluding hydrogens is 443 g/mol. The SMILES string of the molecule is CC1=Nc2ccc(-c3ccn4nc(N[C@@H]5CCN(C)CC5(C)F)ncc34)nc2C(CC(F)F)C1. The number of nitrogens with one attached hydrogen (secondary N) is 1. The summed E-state index contributed by atoms with van der Waals surface area (Å²) in [5, 5.41) is 7.67. The first-order valence-corrected chi connectivity index (χ1v) is 11.5. The van der Waals surface area contributed by atoms with Crippen molar-refractivity contribution in [2.75, 3.05) is 25.5 Å². The number of hydrogen-bond acceptors (Lipinski definition) is 6. The molecule has 0 saturated carbocycles. The third-order valence-corrected chi connectivity index (χ3v) is 6.71. The number of anilines is 1. The molecule has 5 rings (SSSR count). The van der Waals surface area contributed by atoms with Crippen molar-refractivity contribution in [1.29, 1.82) is 0 Å². The van der Waals surface area contributed by atoms with Gasteiger partial charge in [0.1, 0.15) is 5.67 Å². The van der Waals surface area contributed by atoms with E-state index >= 15 is 4.39 Å². The first kappa shape index (κ1) is 22.8. The summed E-state index contributed by atoms with van der Waals surface area (Å²) in [6.07, 6.45) is 1.96. The molecule has 2 aliphatic rings. The molecule has 1 N–H and O–H groups in total. The summed E-state index contributed by atoms with van der Waals surface area (Å²) < 4.78 is 43.1. The molecule has 3 atom stereocenters. The number of rotatable bonds is 5. The molecule has 2 unspecified atom stereocenters. The molecule has 7 nitrogen and oxygen atoms in total. The van der Waals surface area contributed by atoms with E-state index in [9.17, 15) is 8.78 Å². The lowest BCUT2D eigenvalue weighted by Gasteiger charge is -2.39. The van der Waals surface area contributed by atoms with Gasteiger partial charge in [0.25, 0.3) is 0 Å². The number of halogens is 3. The molecule has 2 aliphatic heterocycles. The fourth-order valence-electron chi connectivity index (χ4n) is 5.06. The van der Waals surface area contributed by atoms with Crippen LogP contribution in [-0.2, 0) is 0 Å². The Hall–Kier alpha value is -3.01. The van der Waals surface area contributed by atoms with Crippen LogP contribution in [0.2, 0.25) is 0 Å². The third kappa shape index (κ3) is 4.38. The van der Waals surface area contributed by atoms with Gasteiger partial charge in [-0.3, -0.25) is 9.98 Å². The maximum atomic E-state index is 15.1. The van der Waals surface area contributed by atoms with Crippen LogP contribution in [0.15, 0.2) is 35.6 Å². The van der Waals surface area contributed by atoms with Crippen LogP contribution < -0.4 is 5.32 Å². The number of pyridine rings is 1. The van der Waals surface area contributed by atoms with Gasteiger partial charge in [-0.15, -0.1) is 5.10 Å². The lowest BCUT2D eigenvalue weighted by atomic mass is 9.91. The second kappa shape index (κ2) is 8.65. The first-order valence-electron chi connectivity index (χ1n) is 11.5. The molecule has 0 aromatic carbocycles. The summed E-state index contributed by atoms with van der Waals surface area (Å²) in [6, 6.07) is 5.17. The molecule has 1 saturated heterocycles. The Bertz CT molecular complexity index is 1240. The number of aliphatic imine (C=N–C) groups is 1. The quantitative estimate of drug-likeness (QED) is 0.575. The van der Waals surface area contributed by atoms with Crippen molar-refractivity contribution in [2.24, 2.45) is 4.99 Å². The highest BCUT2D eigenvalue weighted by Crippen LogP contribution is 2.38. The molecule has 3 aromatic heterocycles. The fraction of sp³-hybridized carbons (Fsp3) is 0.500. The number of piperidine rings is 1. The van der Waals surface area contributed by atoms with Gasteiger partial charge in [0.15, 0.2) is 0 Å². The largest absolute Gasteiger partial charge is 0.347 e. The van der Waals surface area contributed by atoms with E-state index in [1.165, 1.54) is 0 Å². The van der Waals surface area contributed by atoms with Gasteiger partial charge in [-0.2, -0.15) is 0 Å². The van der Waals surface area contributed by atoms with Crippen molar-refractivity contribution in [3.63, 3.8) is 0 Å². The van der Waals surface area contributed by atoms with Gasteiger partial charge in [-0.1, -0.05) is 0 Å². The van der Waals surface area contributed by atoms with Crippen molar-refractivity contribution in [3.8, 4) is 11.3 Å². The van der Waals surface area contributed by atoms with Crippen LogP contribution in [0.3, 0.4) is 0 Å². The number of hydrogen-bond donors (Lipinski definition) is 1. The maximum absolute atomic E-state index is 15.1. The minimum absolute atomic E-state index is 0.241. The summed E-state index contributed by atoms with van der Waals surface area (Å²) in [5.41, 5.74) is 2.88. The fourth-order valence-corrected chi connectivity index (χ4v) is 5.06. The van der Waals surface area contributed by atoms with Crippen molar-refractivity contribution in [2.45, 2.75) is 57.2 Å². The smallest absolute Gasteiger partial charge is 0.241 e. The van der Waals surface area contributed by atoms with Gasteiger partial charge in [0.05, 0.1) is 34.8 Å². The monoisotopic (exact) mass is 471 g/mol. The van der Waals surface area contributed by atoms with Crippen LogP contribution in [0.1, 0.15) is 44.7 Å². The van der Waals surface area contributed by atoms with Crippen LogP contribution in [0, 0.1) is 0 Å². The summed E-state index contributed by atoms with van der Waals surface area (Å²) in [4.78, 5) is 15.6. The normalized spacial score (nSPS) is 25.4. The molecule has 0 aliphatic carbocycles. The minimum atomic E-state index is -2.40. The molecule has 0 bridgehead atoms. The topological polar surface area (TPSA) is 70.7 Å². The van der Waals surface area contributed by atoms with Gasteiger partial charge >= 0.3 is 0 Å². The van der Waals surface area contributed by atoms with E-state index in [2.05, 4.69) is 20.4 Å². The van der Waals surface area contributed by atoms with Crippen molar-refractivity contribution in [3.05, 3.63) is 36.3 Å². The van der Waals surface area contributed by atoms with E-state index in [4.69, 9.17) is 4.98 Å². The van der Waals surface area contributed by atoms with E-state index in [0.717, 1.165) is 23.3 Å². The third-order valence-electron chi connectivity index (χ3n) is 6.71. The number of nitrogens with zero attached hydrogens (tertiary/aromatic N) is 6. The number of alkyl halides is 3. The molecule has 34 heavy (non-hydrogen) atoms. The van der Waals surface area contributed by atoms with Gasteiger partial charge in [0, 0.05) is 42.9 Å². The van der Waals surface area contributed by atoms with Gasteiger partial charge in [-0.25, -0.2) is 22.7 Å². The Kier molecular flexibility index (Phi) is 5.79. The predicted molar refractivity (Wildman–Crippen MR) is 126 cm³/mol. The average Bonchev–Trinajstić information content (AvgIpc) is 3.18. The minimum Gasteiger partial charge on any atom is -0.347 e. The van der Waals surface area contributed by atoms with E-state index in [1.807, 2.05) is 37.1 Å². The predicted octanol–water partition coefficient (Wildman–Crippen LogP) is 4.87. The molecule has 0 amide bonds. The Morgan fingerprint density at radius 3 is 2.85 bits per heavy atom. The first-order chi connectivity index (χ1) is 16.2. The van der Waals surface area contributed by atoms with Crippen LogP contribution in [0.4, 0.5) is 24.8 Å². The Labute approximate surface area is 196 Å². The van der Waals surface area contributed by atoms with Crippen LogP contribution in [-0.4, -0.2) is 68.5 Å². The lowest BCUT2D eigenvalue weighted by molar-refractivity contribution is 0.0619. The zero-order chi connectivity index (χ0) is 24.0. The van der Waals surface area contributed by atoms with Gasteiger partial charge in [0.2, 0.25) is 12.4 Å². The Morgan fingerprint density at radius 1 is 1.26 bits per heavy atom. The van der Waals surface area contributed by atoms with Crippen molar-refractivity contribution < 1.29 is 13.2 Å². The maximum Gasteiger partial charge on any atom is 0.241 e. The van der Waals surface area contributed by atoms with E-state index < -0.39 is 12.1 Å². The van der Waals surface area contributed by atoms with E-state index in [-0.39, 0.29) is 18.4 Å². The summed E-state index contributed by atoms with van der Waals surface area (Å²) >= 11 is 0. The number of fused-ring (bicyclic) bond motifs is 2. The summed E-state index contributed by atoms with van der Waals surface area (Å²) in [7, 11) is 1.91.